The number of pyridine rings is 2. The first-order valence-corrected chi connectivity index (χ1v) is 8.90. The standard InChI is InChI=1S/C20H19N5S/c26-20(23-11-15-4-3-9-21-10-15)24-18-7-8-19(22-12-18)25-13-16-5-1-2-6-17(16)14-25/h1-10,12H,11,13-14H2,(H2,23,24,26). The molecular formula is C20H19N5S. The van der Waals surface area contributed by atoms with Crippen molar-refractivity contribution in [2.45, 2.75) is 19.6 Å². The Bertz CT molecular complexity index is 871. The lowest BCUT2D eigenvalue weighted by molar-refractivity contribution is 0.857. The molecule has 4 rings (SSSR count). The van der Waals surface area contributed by atoms with E-state index in [9.17, 15) is 0 Å². The number of hydrogen-bond acceptors (Lipinski definition) is 4. The fourth-order valence-electron chi connectivity index (χ4n) is 3.00. The summed E-state index contributed by atoms with van der Waals surface area (Å²) in [6, 6.07) is 16.5. The van der Waals surface area contributed by atoms with Gasteiger partial charge in [-0.3, -0.25) is 4.98 Å². The number of rotatable bonds is 4. The van der Waals surface area contributed by atoms with Crippen LogP contribution in [0, 0.1) is 0 Å². The van der Waals surface area contributed by atoms with Gasteiger partial charge in [-0.1, -0.05) is 30.3 Å². The second kappa shape index (κ2) is 7.49. The summed E-state index contributed by atoms with van der Waals surface area (Å²) in [5.41, 5.74) is 4.70. The molecule has 0 radical (unpaired) electrons. The maximum atomic E-state index is 5.34. The molecule has 130 valence electrons. The second-order valence-electron chi connectivity index (χ2n) is 6.20. The highest BCUT2D eigenvalue weighted by atomic mass is 32.1. The van der Waals surface area contributed by atoms with Crippen LogP contribution in [0.1, 0.15) is 16.7 Å². The number of fused-ring (bicyclic) bond motifs is 1. The number of thiocarbonyl (C=S) groups is 1. The van der Waals surface area contributed by atoms with Crippen molar-refractivity contribution in [2.24, 2.45) is 0 Å². The Morgan fingerprint density at radius 2 is 1.81 bits per heavy atom. The first-order valence-electron chi connectivity index (χ1n) is 8.49. The summed E-state index contributed by atoms with van der Waals surface area (Å²) in [6.45, 7) is 2.44. The van der Waals surface area contributed by atoms with Crippen LogP contribution in [-0.4, -0.2) is 15.1 Å². The molecule has 6 heteroatoms. The largest absolute Gasteiger partial charge is 0.358 e. The van der Waals surface area contributed by atoms with Gasteiger partial charge in [0.2, 0.25) is 0 Å². The molecule has 1 aliphatic heterocycles. The third kappa shape index (κ3) is 3.81. The zero-order valence-corrected chi connectivity index (χ0v) is 15.0. The Balaban J connectivity index is 1.33. The molecule has 5 nitrogen and oxygen atoms in total. The zero-order chi connectivity index (χ0) is 17.8. The maximum Gasteiger partial charge on any atom is 0.171 e. The minimum atomic E-state index is 0.567. The van der Waals surface area contributed by atoms with E-state index >= 15 is 0 Å². The van der Waals surface area contributed by atoms with Gasteiger partial charge in [-0.25, -0.2) is 4.98 Å². The van der Waals surface area contributed by atoms with Crippen LogP contribution >= 0.6 is 12.2 Å². The number of nitrogens with zero attached hydrogens (tertiary/aromatic N) is 3. The van der Waals surface area contributed by atoms with Crippen molar-refractivity contribution in [3.63, 3.8) is 0 Å². The Hall–Kier alpha value is -2.99. The lowest BCUT2D eigenvalue weighted by atomic mass is 10.1. The number of anilines is 2. The van der Waals surface area contributed by atoms with Crippen LogP contribution in [0.25, 0.3) is 0 Å². The lowest BCUT2D eigenvalue weighted by Crippen LogP contribution is -2.28. The van der Waals surface area contributed by atoms with Gasteiger partial charge in [0.1, 0.15) is 5.82 Å². The highest BCUT2D eigenvalue weighted by Crippen LogP contribution is 2.27. The van der Waals surface area contributed by atoms with Crippen LogP contribution in [0.15, 0.2) is 67.1 Å². The Morgan fingerprint density at radius 1 is 1.00 bits per heavy atom. The smallest absolute Gasteiger partial charge is 0.171 e. The highest BCUT2D eigenvalue weighted by molar-refractivity contribution is 7.80. The van der Waals surface area contributed by atoms with Gasteiger partial charge in [0.25, 0.3) is 0 Å². The molecule has 1 aliphatic rings. The highest BCUT2D eigenvalue weighted by Gasteiger charge is 2.19. The van der Waals surface area contributed by atoms with Crippen molar-refractivity contribution in [3.05, 3.63) is 83.8 Å². The van der Waals surface area contributed by atoms with E-state index in [2.05, 4.69) is 49.8 Å². The lowest BCUT2D eigenvalue weighted by Gasteiger charge is -2.17. The van der Waals surface area contributed by atoms with Crippen molar-refractivity contribution in [2.75, 3.05) is 10.2 Å². The van der Waals surface area contributed by atoms with Crippen molar-refractivity contribution in [1.82, 2.24) is 15.3 Å². The minimum Gasteiger partial charge on any atom is -0.358 e. The number of aromatic nitrogens is 2. The van der Waals surface area contributed by atoms with Crippen molar-refractivity contribution in [1.29, 1.82) is 0 Å². The third-order valence-corrected chi connectivity index (χ3v) is 4.59. The molecule has 3 aromatic rings. The number of hydrogen-bond donors (Lipinski definition) is 2. The van der Waals surface area contributed by atoms with Crippen molar-refractivity contribution in [3.8, 4) is 0 Å². The molecule has 2 N–H and O–H groups in total. The molecule has 0 atom stereocenters. The molecule has 0 spiro atoms. The molecule has 0 aliphatic carbocycles. The summed E-state index contributed by atoms with van der Waals surface area (Å²) in [4.78, 5) is 10.9. The fourth-order valence-corrected chi connectivity index (χ4v) is 3.19. The topological polar surface area (TPSA) is 53.1 Å². The van der Waals surface area contributed by atoms with Gasteiger partial charge in [-0.05, 0) is 47.1 Å². The summed E-state index contributed by atoms with van der Waals surface area (Å²) in [6.07, 6.45) is 5.39. The van der Waals surface area contributed by atoms with Crippen LogP contribution < -0.4 is 15.5 Å². The van der Waals surface area contributed by atoms with E-state index in [1.165, 1.54) is 11.1 Å². The Kier molecular flexibility index (Phi) is 4.75. The van der Waals surface area contributed by atoms with Crippen LogP contribution in [0.5, 0.6) is 0 Å². The molecule has 26 heavy (non-hydrogen) atoms. The maximum absolute atomic E-state index is 5.34. The number of nitrogens with one attached hydrogen (secondary N) is 2. The van der Waals surface area contributed by atoms with E-state index in [1.807, 2.05) is 36.7 Å². The zero-order valence-electron chi connectivity index (χ0n) is 14.2. The second-order valence-corrected chi connectivity index (χ2v) is 6.61. The van der Waals surface area contributed by atoms with Crippen molar-refractivity contribution < 1.29 is 0 Å². The third-order valence-electron chi connectivity index (χ3n) is 4.35. The summed E-state index contributed by atoms with van der Waals surface area (Å²) in [5, 5.41) is 6.90. The summed E-state index contributed by atoms with van der Waals surface area (Å²) in [7, 11) is 0. The van der Waals surface area contributed by atoms with Crippen LogP contribution in [0.4, 0.5) is 11.5 Å². The van der Waals surface area contributed by atoms with E-state index in [1.54, 1.807) is 6.20 Å². The van der Waals surface area contributed by atoms with Gasteiger partial charge in [0.05, 0.1) is 11.9 Å². The summed E-state index contributed by atoms with van der Waals surface area (Å²) in [5.74, 6) is 0.973. The van der Waals surface area contributed by atoms with E-state index in [-0.39, 0.29) is 0 Å². The minimum absolute atomic E-state index is 0.567. The fraction of sp³-hybridized carbons (Fsp3) is 0.150. The normalized spacial score (nSPS) is 12.5. The Labute approximate surface area is 158 Å². The average molecular weight is 361 g/mol. The van der Waals surface area contributed by atoms with Crippen LogP contribution in [-0.2, 0) is 19.6 Å². The predicted octanol–water partition coefficient (Wildman–Crippen LogP) is 3.48. The van der Waals surface area contributed by atoms with Gasteiger partial charge in [0, 0.05) is 32.0 Å². The molecule has 0 unspecified atom stereocenters. The van der Waals surface area contributed by atoms with Gasteiger partial charge in [-0.2, -0.15) is 0 Å². The molecule has 2 aromatic heterocycles. The van der Waals surface area contributed by atoms with Crippen LogP contribution in [0.3, 0.4) is 0 Å². The quantitative estimate of drug-likeness (QED) is 0.694. The molecule has 0 saturated carbocycles. The van der Waals surface area contributed by atoms with E-state index in [4.69, 9.17) is 12.2 Å². The molecule has 1 aromatic carbocycles. The van der Waals surface area contributed by atoms with Gasteiger partial charge in [0.15, 0.2) is 5.11 Å². The van der Waals surface area contributed by atoms with Crippen LogP contribution in [0.2, 0.25) is 0 Å². The average Bonchev–Trinajstić information content (AvgIpc) is 3.12. The van der Waals surface area contributed by atoms with E-state index in [0.29, 0.717) is 11.7 Å². The molecule has 0 fully saturated rings. The first kappa shape index (κ1) is 16.5. The predicted molar refractivity (Wildman–Crippen MR) is 108 cm³/mol. The van der Waals surface area contributed by atoms with Crippen molar-refractivity contribution >= 4 is 28.8 Å². The molecule has 3 heterocycles. The summed E-state index contributed by atoms with van der Waals surface area (Å²) < 4.78 is 0. The molecule has 0 amide bonds. The monoisotopic (exact) mass is 361 g/mol. The number of benzene rings is 1. The first-order chi connectivity index (χ1) is 12.8. The van der Waals surface area contributed by atoms with Gasteiger partial charge < -0.3 is 15.5 Å². The SMILES string of the molecule is S=C(NCc1cccnc1)Nc1ccc(N2Cc3ccccc3C2)nc1. The van der Waals surface area contributed by atoms with E-state index in [0.717, 1.165) is 30.2 Å². The Morgan fingerprint density at radius 3 is 2.46 bits per heavy atom. The van der Waals surface area contributed by atoms with Gasteiger partial charge in [-0.15, -0.1) is 0 Å². The summed E-state index contributed by atoms with van der Waals surface area (Å²) >= 11 is 5.34. The molecule has 0 bridgehead atoms. The molecular weight excluding hydrogens is 342 g/mol. The van der Waals surface area contributed by atoms with Gasteiger partial charge >= 0.3 is 0 Å². The van der Waals surface area contributed by atoms with E-state index < -0.39 is 0 Å². The molecule has 0 saturated heterocycles.